The lowest BCUT2D eigenvalue weighted by Gasteiger charge is -1.95. The van der Waals surface area contributed by atoms with Crippen molar-refractivity contribution in [1.82, 2.24) is 10.3 Å². The summed E-state index contributed by atoms with van der Waals surface area (Å²) in [7, 11) is 0. The lowest BCUT2D eigenvalue weighted by atomic mass is 10.5. The number of nitrogens with zero attached hydrogens (tertiary/aromatic N) is 1. The van der Waals surface area contributed by atoms with Gasteiger partial charge in [0.15, 0.2) is 5.01 Å². The predicted molar refractivity (Wildman–Crippen MR) is 49.7 cm³/mol. The maximum absolute atomic E-state index is 11.1. The van der Waals surface area contributed by atoms with Gasteiger partial charge in [0.05, 0.1) is 6.20 Å². The van der Waals surface area contributed by atoms with Crippen molar-refractivity contribution >= 4 is 28.8 Å². The van der Waals surface area contributed by atoms with Gasteiger partial charge < -0.3 is 5.32 Å². The van der Waals surface area contributed by atoms with E-state index in [-0.39, 0.29) is 5.91 Å². The normalized spacial score (nSPS) is 9.42. The summed E-state index contributed by atoms with van der Waals surface area (Å²) >= 11 is 6.75. The van der Waals surface area contributed by atoms with E-state index in [0.717, 1.165) is 11.3 Å². The molecule has 0 bridgehead atoms. The van der Waals surface area contributed by atoms with Gasteiger partial charge in [-0.25, -0.2) is 4.98 Å². The van der Waals surface area contributed by atoms with Crippen LogP contribution in [0.1, 0.15) is 9.80 Å². The second kappa shape index (κ2) is 4.23. The lowest BCUT2D eigenvalue weighted by Crippen LogP contribution is -2.22. The molecule has 0 aliphatic rings. The van der Waals surface area contributed by atoms with Crippen molar-refractivity contribution in [3.8, 4) is 0 Å². The predicted octanol–water partition coefficient (Wildman–Crippen LogP) is 1.71. The minimum absolute atomic E-state index is 0.216. The number of hydrogen-bond acceptors (Lipinski definition) is 3. The van der Waals surface area contributed by atoms with Crippen molar-refractivity contribution in [3.63, 3.8) is 0 Å². The van der Waals surface area contributed by atoms with E-state index in [1.54, 1.807) is 6.08 Å². The number of carbonyl (C=O) groups excluding carboxylic acids is 1. The Morgan fingerprint density at radius 2 is 2.67 bits per heavy atom. The standard InChI is InChI=1S/C7H7ClN2OS/c1-2-3-9-6(11)7-10-4-5(8)12-7/h2,4H,1,3H2,(H,9,11). The van der Waals surface area contributed by atoms with Gasteiger partial charge in [-0.05, 0) is 0 Å². The third kappa shape index (κ3) is 2.32. The van der Waals surface area contributed by atoms with Crippen LogP contribution in [0.3, 0.4) is 0 Å². The third-order valence-electron chi connectivity index (χ3n) is 1.08. The number of thiazole rings is 1. The molecule has 12 heavy (non-hydrogen) atoms. The zero-order valence-corrected chi connectivity index (χ0v) is 7.78. The molecule has 5 heteroatoms. The van der Waals surface area contributed by atoms with Gasteiger partial charge in [-0.3, -0.25) is 4.79 Å². The van der Waals surface area contributed by atoms with Crippen LogP contribution in [0, 0.1) is 0 Å². The molecule has 3 nitrogen and oxygen atoms in total. The van der Waals surface area contributed by atoms with E-state index in [1.165, 1.54) is 6.20 Å². The van der Waals surface area contributed by atoms with Crippen LogP contribution in [0.5, 0.6) is 0 Å². The Kier molecular flexibility index (Phi) is 3.25. The van der Waals surface area contributed by atoms with Crippen LogP contribution in [0.15, 0.2) is 18.9 Å². The molecule has 1 heterocycles. The van der Waals surface area contributed by atoms with Gasteiger partial charge >= 0.3 is 0 Å². The Labute approximate surface area is 79.1 Å². The Hall–Kier alpha value is -0.870. The molecule has 0 saturated carbocycles. The molecule has 1 N–H and O–H groups in total. The fourth-order valence-electron chi connectivity index (χ4n) is 0.600. The molecule has 1 amide bonds. The Bertz CT molecular complexity index is 297. The van der Waals surface area contributed by atoms with Crippen LogP contribution in [-0.4, -0.2) is 17.4 Å². The topological polar surface area (TPSA) is 42.0 Å². The van der Waals surface area contributed by atoms with E-state index in [2.05, 4.69) is 16.9 Å². The van der Waals surface area contributed by atoms with E-state index < -0.39 is 0 Å². The second-order valence-corrected chi connectivity index (χ2v) is 3.63. The lowest BCUT2D eigenvalue weighted by molar-refractivity contribution is 0.0957. The molecule has 0 spiro atoms. The molecule has 0 fully saturated rings. The average molecular weight is 203 g/mol. The van der Waals surface area contributed by atoms with Crippen molar-refractivity contribution in [1.29, 1.82) is 0 Å². The summed E-state index contributed by atoms with van der Waals surface area (Å²) in [5, 5.41) is 2.97. The molecule has 1 rings (SSSR count). The molecule has 0 radical (unpaired) electrons. The van der Waals surface area contributed by atoms with Crippen molar-refractivity contribution in [2.75, 3.05) is 6.54 Å². The fraction of sp³-hybridized carbons (Fsp3) is 0.143. The number of aromatic nitrogens is 1. The third-order valence-corrected chi connectivity index (χ3v) is 2.19. The number of amides is 1. The van der Waals surface area contributed by atoms with Crippen LogP contribution in [0.4, 0.5) is 0 Å². The van der Waals surface area contributed by atoms with Crippen molar-refractivity contribution in [2.45, 2.75) is 0 Å². The summed E-state index contributed by atoms with van der Waals surface area (Å²) in [6, 6.07) is 0. The monoisotopic (exact) mass is 202 g/mol. The molecule has 0 atom stereocenters. The molecule has 0 aliphatic heterocycles. The maximum Gasteiger partial charge on any atom is 0.280 e. The highest BCUT2D eigenvalue weighted by Crippen LogP contribution is 2.17. The van der Waals surface area contributed by atoms with Crippen molar-refractivity contribution < 1.29 is 4.79 Å². The SMILES string of the molecule is C=CCNC(=O)c1ncc(Cl)s1. The van der Waals surface area contributed by atoms with Gasteiger partial charge in [0.1, 0.15) is 4.34 Å². The Morgan fingerprint density at radius 1 is 1.92 bits per heavy atom. The summed E-state index contributed by atoms with van der Waals surface area (Å²) in [5.74, 6) is -0.216. The quantitative estimate of drug-likeness (QED) is 0.759. The highest BCUT2D eigenvalue weighted by molar-refractivity contribution is 7.17. The van der Waals surface area contributed by atoms with Crippen LogP contribution in [-0.2, 0) is 0 Å². The Balaban J connectivity index is 2.59. The van der Waals surface area contributed by atoms with Crippen molar-refractivity contribution in [3.05, 3.63) is 28.2 Å². The fourth-order valence-corrected chi connectivity index (χ4v) is 1.43. The van der Waals surface area contributed by atoms with Gasteiger partial charge in [-0.15, -0.1) is 6.58 Å². The molecular weight excluding hydrogens is 196 g/mol. The summed E-state index contributed by atoms with van der Waals surface area (Å²) in [6.07, 6.45) is 3.06. The molecule has 1 aromatic heterocycles. The van der Waals surface area contributed by atoms with Gasteiger partial charge in [-0.2, -0.15) is 0 Å². The molecule has 0 aromatic carbocycles. The van der Waals surface area contributed by atoms with Crippen LogP contribution < -0.4 is 5.32 Å². The summed E-state index contributed by atoms with van der Waals surface area (Å²) < 4.78 is 0.513. The average Bonchev–Trinajstić information content (AvgIpc) is 2.47. The number of nitrogens with one attached hydrogen (secondary N) is 1. The summed E-state index contributed by atoms with van der Waals surface area (Å²) in [4.78, 5) is 15.0. The molecule has 0 unspecified atom stereocenters. The van der Waals surface area contributed by atoms with Crippen molar-refractivity contribution in [2.24, 2.45) is 0 Å². The minimum Gasteiger partial charge on any atom is -0.347 e. The zero-order chi connectivity index (χ0) is 8.97. The van der Waals surface area contributed by atoms with Crippen LogP contribution >= 0.6 is 22.9 Å². The second-order valence-electron chi connectivity index (χ2n) is 1.97. The van der Waals surface area contributed by atoms with E-state index >= 15 is 0 Å². The molecule has 64 valence electrons. The summed E-state index contributed by atoms with van der Waals surface area (Å²) in [5.41, 5.74) is 0. The number of hydrogen-bond donors (Lipinski definition) is 1. The number of carbonyl (C=O) groups is 1. The van der Waals surface area contributed by atoms with Gasteiger partial charge in [-0.1, -0.05) is 29.0 Å². The van der Waals surface area contributed by atoms with Gasteiger partial charge in [0.25, 0.3) is 5.91 Å². The molecule has 0 saturated heterocycles. The van der Waals surface area contributed by atoms with Crippen LogP contribution in [0.25, 0.3) is 0 Å². The largest absolute Gasteiger partial charge is 0.347 e. The first-order chi connectivity index (χ1) is 5.74. The first-order valence-corrected chi connectivity index (χ1v) is 4.44. The van der Waals surface area contributed by atoms with Crippen LogP contribution in [0.2, 0.25) is 4.34 Å². The van der Waals surface area contributed by atoms with E-state index in [0.29, 0.717) is 15.9 Å². The van der Waals surface area contributed by atoms with Gasteiger partial charge in [0, 0.05) is 6.54 Å². The highest BCUT2D eigenvalue weighted by Gasteiger charge is 2.08. The molecular formula is C7H7ClN2OS. The van der Waals surface area contributed by atoms with E-state index in [1.807, 2.05) is 0 Å². The number of halogens is 1. The first-order valence-electron chi connectivity index (χ1n) is 3.24. The number of rotatable bonds is 3. The minimum atomic E-state index is -0.216. The first kappa shape index (κ1) is 9.22. The maximum atomic E-state index is 11.1. The van der Waals surface area contributed by atoms with E-state index in [9.17, 15) is 4.79 Å². The molecule has 1 aromatic rings. The molecule has 0 aliphatic carbocycles. The highest BCUT2D eigenvalue weighted by atomic mass is 35.5. The van der Waals surface area contributed by atoms with Gasteiger partial charge in [0.2, 0.25) is 0 Å². The summed E-state index contributed by atoms with van der Waals surface area (Å²) in [6.45, 7) is 3.91. The Morgan fingerprint density at radius 3 is 3.17 bits per heavy atom. The zero-order valence-electron chi connectivity index (χ0n) is 6.21. The smallest absolute Gasteiger partial charge is 0.280 e. The van der Waals surface area contributed by atoms with E-state index in [4.69, 9.17) is 11.6 Å².